The molecule has 3 aromatic carbocycles. The Kier molecular flexibility index (Phi) is 6.19. The summed E-state index contributed by atoms with van der Waals surface area (Å²) in [4.78, 5) is 0. The third-order valence-corrected chi connectivity index (χ3v) is 9.70. The SMILES string of the molecule is CCc1c(OC)cc([P+](CC)(c2ccccc2)c2ccccc2)cc1OC. The third-order valence-electron chi connectivity index (χ3n) is 5.26. The molecule has 0 saturated heterocycles. The highest BCUT2D eigenvalue weighted by molar-refractivity contribution is 7.95. The van der Waals surface area contributed by atoms with E-state index in [2.05, 4.69) is 86.6 Å². The summed E-state index contributed by atoms with van der Waals surface area (Å²) >= 11 is 0. The van der Waals surface area contributed by atoms with Crippen LogP contribution in [0, 0.1) is 0 Å². The molecule has 0 unspecified atom stereocenters. The van der Waals surface area contributed by atoms with Gasteiger partial charge in [-0.2, -0.15) is 0 Å². The molecule has 0 spiro atoms. The van der Waals surface area contributed by atoms with Gasteiger partial charge in [0.1, 0.15) is 34.7 Å². The van der Waals surface area contributed by atoms with Crippen molar-refractivity contribution in [1.29, 1.82) is 0 Å². The van der Waals surface area contributed by atoms with Gasteiger partial charge < -0.3 is 9.47 Å². The molecule has 0 amide bonds. The van der Waals surface area contributed by atoms with Gasteiger partial charge in [0, 0.05) is 17.7 Å². The molecule has 0 atom stereocenters. The van der Waals surface area contributed by atoms with Gasteiger partial charge in [0.15, 0.2) is 0 Å². The molecule has 0 bridgehead atoms. The first-order chi connectivity index (χ1) is 13.2. The number of methoxy groups -OCH3 is 2. The number of ether oxygens (including phenoxy) is 2. The van der Waals surface area contributed by atoms with Crippen LogP contribution in [-0.4, -0.2) is 20.4 Å². The Bertz CT molecular complexity index is 811. The van der Waals surface area contributed by atoms with Gasteiger partial charge in [-0.05, 0) is 37.6 Å². The van der Waals surface area contributed by atoms with Crippen LogP contribution >= 0.6 is 7.26 Å². The standard InChI is InChI=1S/C24H28O2P/c1-5-22-23(25-3)17-21(18-24(22)26-4)27(6-2,19-13-9-7-10-14-19)20-15-11-8-12-16-20/h7-18H,5-6H2,1-4H3/q+1. The summed E-state index contributed by atoms with van der Waals surface area (Å²) in [5, 5.41) is 4.06. The van der Waals surface area contributed by atoms with E-state index in [4.69, 9.17) is 9.47 Å². The highest BCUT2D eigenvalue weighted by atomic mass is 31.2. The van der Waals surface area contributed by atoms with Crippen LogP contribution in [0.2, 0.25) is 0 Å². The van der Waals surface area contributed by atoms with Gasteiger partial charge in [0.25, 0.3) is 0 Å². The second-order valence-corrected chi connectivity index (χ2v) is 10.3. The Labute approximate surface area is 163 Å². The van der Waals surface area contributed by atoms with Crippen molar-refractivity contribution >= 4 is 23.2 Å². The molecule has 2 nitrogen and oxygen atoms in total. The fraction of sp³-hybridized carbons (Fsp3) is 0.250. The molecule has 140 valence electrons. The number of rotatable bonds is 7. The second-order valence-electron chi connectivity index (χ2n) is 6.48. The molecular formula is C24H28O2P+. The molecule has 3 heteroatoms. The van der Waals surface area contributed by atoms with Crippen LogP contribution in [0.1, 0.15) is 19.4 Å². The Balaban J connectivity index is 2.36. The van der Waals surface area contributed by atoms with Crippen molar-refractivity contribution in [3.8, 4) is 11.5 Å². The first-order valence-electron chi connectivity index (χ1n) is 9.46. The molecule has 0 N–H and O–H groups in total. The van der Waals surface area contributed by atoms with Crippen LogP contribution in [0.15, 0.2) is 72.8 Å². The van der Waals surface area contributed by atoms with E-state index in [1.54, 1.807) is 14.2 Å². The number of benzene rings is 3. The predicted molar refractivity (Wildman–Crippen MR) is 118 cm³/mol. The maximum Gasteiger partial charge on any atom is 0.129 e. The lowest BCUT2D eigenvalue weighted by molar-refractivity contribution is 0.387. The van der Waals surface area contributed by atoms with Crippen LogP contribution in [-0.2, 0) is 6.42 Å². The van der Waals surface area contributed by atoms with E-state index in [1.807, 2.05) is 0 Å². The lowest BCUT2D eigenvalue weighted by Gasteiger charge is -2.27. The molecule has 0 aliphatic carbocycles. The van der Waals surface area contributed by atoms with E-state index < -0.39 is 7.26 Å². The summed E-state index contributed by atoms with van der Waals surface area (Å²) in [7, 11) is 1.68. The molecule has 0 radical (unpaired) electrons. The summed E-state index contributed by atoms with van der Waals surface area (Å²) < 4.78 is 11.5. The van der Waals surface area contributed by atoms with Gasteiger partial charge in [-0.15, -0.1) is 0 Å². The van der Waals surface area contributed by atoms with E-state index >= 15 is 0 Å². The third kappa shape index (κ3) is 3.47. The van der Waals surface area contributed by atoms with Crippen molar-refractivity contribution in [1.82, 2.24) is 0 Å². The van der Waals surface area contributed by atoms with Crippen LogP contribution in [0.5, 0.6) is 11.5 Å². The van der Waals surface area contributed by atoms with Crippen molar-refractivity contribution in [2.24, 2.45) is 0 Å². The van der Waals surface area contributed by atoms with Crippen molar-refractivity contribution < 1.29 is 9.47 Å². The highest BCUT2D eigenvalue weighted by Crippen LogP contribution is 2.56. The first-order valence-corrected chi connectivity index (χ1v) is 11.4. The summed E-state index contributed by atoms with van der Waals surface area (Å²) in [6.45, 7) is 4.43. The lowest BCUT2D eigenvalue weighted by atomic mass is 10.1. The second kappa shape index (κ2) is 8.59. The van der Waals surface area contributed by atoms with Crippen molar-refractivity contribution in [2.45, 2.75) is 20.3 Å². The topological polar surface area (TPSA) is 18.5 Å². The molecule has 0 aromatic heterocycles. The predicted octanol–water partition coefficient (Wildman–Crippen LogP) is 4.58. The minimum Gasteiger partial charge on any atom is -0.496 e. The zero-order chi connectivity index (χ0) is 19.3. The Morgan fingerprint density at radius 3 is 1.44 bits per heavy atom. The van der Waals surface area contributed by atoms with Crippen LogP contribution < -0.4 is 25.4 Å². The van der Waals surface area contributed by atoms with Crippen LogP contribution in [0.3, 0.4) is 0 Å². The summed E-state index contributed by atoms with van der Waals surface area (Å²) in [5.41, 5.74) is 1.12. The summed E-state index contributed by atoms with van der Waals surface area (Å²) in [6.07, 6.45) is 1.92. The van der Waals surface area contributed by atoms with Gasteiger partial charge in [-0.3, -0.25) is 0 Å². The monoisotopic (exact) mass is 379 g/mol. The van der Waals surface area contributed by atoms with E-state index in [0.29, 0.717) is 0 Å². The summed E-state index contributed by atoms with van der Waals surface area (Å²) in [6, 6.07) is 26.2. The van der Waals surface area contributed by atoms with Crippen molar-refractivity contribution in [3.63, 3.8) is 0 Å². The zero-order valence-electron chi connectivity index (χ0n) is 16.6. The molecule has 0 aliphatic heterocycles. The average Bonchev–Trinajstić information content (AvgIpc) is 2.75. The van der Waals surface area contributed by atoms with Gasteiger partial charge in [-0.25, -0.2) is 0 Å². The minimum absolute atomic E-state index is 0.876. The highest BCUT2D eigenvalue weighted by Gasteiger charge is 2.44. The van der Waals surface area contributed by atoms with Crippen LogP contribution in [0.4, 0.5) is 0 Å². The molecule has 0 fully saturated rings. The quantitative estimate of drug-likeness (QED) is 0.560. The normalized spacial score (nSPS) is 11.3. The fourth-order valence-electron chi connectivity index (χ4n) is 3.90. The van der Waals surface area contributed by atoms with Crippen molar-refractivity contribution in [3.05, 3.63) is 78.4 Å². The maximum absolute atomic E-state index is 5.77. The average molecular weight is 379 g/mol. The molecule has 3 rings (SSSR count). The zero-order valence-corrected chi connectivity index (χ0v) is 17.5. The minimum atomic E-state index is -1.80. The Morgan fingerprint density at radius 1 is 0.667 bits per heavy atom. The maximum atomic E-state index is 5.77. The van der Waals surface area contributed by atoms with Crippen LogP contribution in [0.25, 0.3) is 0 Å². The molecule has 0 heterocycles. The molecule has 3 aromatic rings. The Hall–Kier alpha value is -2.31. The van der Waals surface area contributed by atoms with Gasteiger partial charge in [-0.1, -0.05) is 43.3 Å². The number of hydrogen-bond donors (Lipinski definition) is 0. The molecule has 0 saturated carbocycles. The van der Waals surface area contributed by atoms with E-state index in [0.717, 1.165) is 29.6 Å². The fourth-order valence-corrected chi connectivity index (χ4v) is 7.93. The van der Waals surface area contributed by atoms with Crippen molar-refractivity contribution in [2.75, 3.05) is 20.4 Å². The largest absolute Gasteiger partial charge is 0.496 e. The van der Waals surface area contributed by atoms with Gasteiger partial charge in [0.05, 0.1) is 20.4 Å². The number of hydrogen-bond acceptors (Lipinski definition) is 2. The van der Waals surface area contributed by atoms with Gasteiger partial charge >= 0.3 is 0 Å². The summed E-state index contributed by atoms with van der Waals surface area (Å²) in [5.74, 6) is 1.83. The smallest absolute Gasteiger partial charge is 0.129 e. The van der Waals surface area contributed by atoms with E-state index in [-0.39, 0.29) is 0 Å². The molecule has 0 aliphatic rings. The lowest BCUT2D eigenvalue weighted by Crippen LogP contribution is -2.33. The van der Waals surface area contributed by atoms with E-state index in [9.17, 15) is 0 Å². The van der Waals surface area contributed by atoms with Gasteiger partial charge in [0.2, 0.25) is 0 Å². The molecular weight excluding hydrogens is 351 g/mol. The van der Waals surface area contributed by atoms with E-state index in [1.165, 1.54) is 15.9 Å². The molecule has 27 heavy (non-hydrogen) atoms. The Morgan fingerprint density at radius 2 is 1.11 bits per heavy atom. The first kappa shape index (κ1) is 19.5.